The average molecular weight is 243 g/mol. The minimum absolute atomic E-state index is 0.0436. The first kappa shape index (κ1) is 11.9. The van der Waals surface area contributed by atoms with Crippen LogP contribution in [0.5, 0.6) is 0 Å². The molecule has 0 bridgehead atoms. The summed E-state index contributed by atoms with van der Waals surface area (Å²) in [5.41, 5.74) is 4.20. The van der Waals surface area contributed by atoms with Crippen LogP contribution in [0, 0.1) is 5.92 Å². The third-order valence-electron chi connectivity index (χ3n) is 3.95. The zero-order valence-corrected chi connectivity index (χ0v) is 11.3. The molecule has 1 fully saturated rings. The van der Waals surface area contributed by atoms with E-state index in [-0.39, 0.29) is 5.54 Å². The van der Waals surface area contributed by atoms with Gasteiger partial charge in [0.1, 0.15) is 0 Å². The molecular formula is C16H21NO. The lowest BCUT2D eigenvalue weighted by Crippen LogP contribution is -2.34. The van der Waals surface area contributed by atoms with Crippen molar-refractivity contribution in [3.05, 3.63) is 35.4 Å². The molecule has 0 aromatic heterocycles. The molecule has 2 nitrogen and oxygen atoms in total. The molecule has 0 spiro atoms. The number of nitrogens with zero attached hydrogens (tertiary/aromatic N) is 1. The zero-order chi connectivity index (χ0) is 12.6. The summed E-state index contributed by atoms with van der Waals surface area (Å²) in [4.78, 5) is 5.04. The minimum atomic E-state index is 0.0436. The zero-order valence-electron chi connectivity index (χ0n) is 11.3. The number of hydrogen-bond acceptors (Lipinski definition) is 2. The Kier molecular flexibility index (Phi) is 2.98. The van der Waals surface area contributed by atoms with Crippen molar-refractivity contribution in [2.24, 2.45) is 10.9 Å². The predicted octanol–water partition coefficient (Wildman–Crippen LogP) is 3.24. The fraction of sp³-hybridized carbons (Fsp3) is 0.562. The largest absolute Gasteiger partial charge is 0.381 e. The van der Waals surface area contributed by atoms with Gasteiger partial charge in [0.05, 0.1) is 5.54 Å². The molecule has 1 aromatic rings. The van der Waals surface area contributed by atoms with Gasteiger partial charge in [0.2, 0.25) is 0 Å². The van der Waals surface area contributed by atoms with E-state index in [9.17, 15) is 0 Å². The number of fused-ring (bicyclic) bond motifs is 1. The van der Waals surface area contributed by atoms with Gasteiger partial charge in [-0.3, -0.25) is 4.99 Å². The normalized spacial score (nSPS) is 23.3. The maximum Gasteiger partial charge on any atom is 0.0596 e. The van der Waals surface area contributed by atoms with Gasteiger partial charge in [0.25, 0.3) is 0 Å². The molecular weight excluding hydrogens is 222 g/mol. The first-order chi connectivity index (χ1) is 8.66. The fourth-order valence-corrected chi connectivity index (χ4v) is 3.10. The van der Waals surface area contributed by atoms with Crippen LogP contribution in [-0.2, 0) is 11.2 Å². The Morgan fingerprint density at radius 1 is 1.17 bits per heavy atom. The number of hydrogen-bond donors (Lipinski definition) is 0. The van der Waals surface area contributed by atoms with Crippen molar-refractivity contribution < 1.29 is 4.74 Å². The second kappa shape index (κ2) is 4.51. The number of rotatable bonds is 1. The summed E-state index contributed by atoms with van der Waals surface area (Å²) in [6.45, 7) is 6.24. The maximum atomic E-state index is 5.48. The van der Waals surface area contributed by atoms with Gasteiger partial charge >= 0.3 is 0 Å². The Morgan fingerprint density at radius 3 is 2.67 bits per heavy atom. The highest BCUT2D eigenvalue weighted by molar-refractivity contribution is 6.04. The lowest BCUT2D eigenvalue weighted by molar-refractivity contribution is 0.0826. The molecule has 2 heterocycles. The van der Waals surface area contributed by atoms with Gasteiger partial charge < -0.3 is 4.74 Å². The summed E-state index contributed by atoms with van der Waals surface area (Å²) in [5, 5.41) is 0. The van der Waals surface area contributed by atoms with Crippen molar-refractivity contribution in [1.29, 1.82) is 0 Å². The van der Waals surface area contributed by atoms with Gasteiger partial charge in [-0.25, -0.2) is 0 Å². The summed E-state index contributed by atoms with van der Waals surface area (Å²) in [7, 11) is 0. The molecule has 0 atom stereocenters. The van der Waals surface area contributed by atoms with E-state index in [2.05, 4.69) is 38.1 Å². The summed E-state index contributed by atoms with van der Waals surface area (Å²) in [6.07, 6.45) is 3.28. The molecule has 1 aromatic carbocycles. The van der Waals surface area contributed by atoms with Crippen molar-refractivity contribution in [3.63, 3.8) is 0 Å². The maximum absolute atomic E-state index is 5.48. The van der Waals surface area contributed by atoms with Crippen molar-refractivity contribution in [1.82, 2.24) is 0 Å². The van der Waals surface area contributed by atoms with E-state index in [1.807, 2.05) is 0 Å². The minimum Gasteiger partial charge on any atom is -0.381 e. The lowest BCUT2D eigenvalue weighted by Gasteiger charge is -2.33. The summed E-state index contributed by atoms with van der Waals surface area (Å²) < 4.78 is 5.48. The second-order valence-electron chi connectivity index (χ2n) is 6.03. The monoisotopic (exact) mass is 243 g/mol. The van der Waals surface area contributed by atoms with Crippen LogP contribution in [0.15, 0.2) is 29.3 Å². The van der Waals surface area contributed by atoms with Crippen LogP contribution in [-0.4, -0.2) is 24.5 Å². The first-order valence-corrected chi connectivity index (χ1v) is 6.91. The molecule has 0 radical (unpaired) electrons. The van der Waals surface area contributed by atoms with Crippen LogP contribution < -0.4 is 0 Å². The molecule has 0 amide bonds. The van der Waals surface area contributed by atoms with E-state index in [1.165, 1.54) is 16.8 Å². The highest BCUT2D eigenvalue weighted by Crippen LogP contribution is 2.32. The number of aliphatic imine (C=N–C) groups is 1. The third-order valence-corrected chi connectivity index (χ3v) is 3.95. The standard InChI is InChI=1S/C16H21NO/c1-16(2)11-13-5-3-4-6-14(13)15(17-16)12-7-9-18-10-8-12/h3-6,12H,7-11H2,1-2H3. The average Bonchev–Trinajstić information content (AvgIpc) is 2.38. The van der Waals surface area contributed by atoms with Gasteiger partial charge in [-0.1, -0.05) is 24.3 Å². The molecule has 96 valence electrons. The Labute approximate surface area is 109 Å². The molecule has 0 saturated carbocycles. The molecule has 1 saturated heterocycles. The Bertz CT molecular complexity index is 470. The van der Waals surface area contributed by atoms with E-state index in [0.29, 0.717) is 5.92 Å². The molecule has 18 heavy (non-hydrogen) atoms. The highest BCUT2D eigenvalue weighted by Gasteiger charge is 2.30. The molecule has 0 N–H and O–H groups in total. The van der Waals surface area contributed by atoms with E-state index >= 15 is 0 Å². The molecule has 0 unspecified atom stereocenters. The first-order valence-electron chi connectivity index (χ1n) is 6.91. The quantitative estimate of drug-likeness (QED) is 0.742. The van der Waals surface area contributed by atoms with E-state index < -0.39 is 0 Å². The number of ether oxygens (including phenoxy) is 1. The van der Waals surface area contributed by atoms with Gasteiger partial charge in [-0.05, 0) is 44.2 Å². The van der Waals surface area contributed by atoms with Crippen molar-refractivity contribution in [3.8, 4) is 0 Å². The lowest BCUT2D eigenvalue weighted by atomic mass is 9.81. The van der Waals surface area contributed by atoms with Crippen LogP contribution in [0.1, 0.15) is 37.8 Å². The number of benzene rings is 1. The van der Waals surface area contributed by atoms with Crippen molar-refractivity contribution >= 4 is 5.71 Å². The highest BCUT2D eigenvalue weighted by atomic mass is 16.5. The molecule has 3 rings (SSSR count). The van der Waals surface area contributed by atoms with E-state index in [0.717, 1.165) is 32.5 Å². The molecule has 0 aliphatic carbocycles. The van der Waals surface area contributed by atoms with E-state index in [4.69, 9.17) is 9.73 Å². The predicted molar refractivity (Wildman–Crippen MR) is 74.3 cm³/mol. The molecule has 2 heteroatoms. The van der Waals surface area contributed by atoms with Crippen molar-refractivity contribution in [2.75, 3.05) is 13.2 Å². The van der Waals surface area contributed by atoms with Crippen LogP contribution in [0.2, 0.25) is 0 Å². The Morgan fingerprint density at radius 2 is 1.89 bits per heavy atom. The van der Waals surface area contributed by atoms with Crippen LogP contribution in [0.4, 0.5) is 0 Å². The SMILES string of the molecule is CC1(C)Cc2ccccc2C(C2CCOCC2)=N1. The Hall–Kier alpha value is -1.15. The van der Waals surface area contributed by atoms with Crippen LogP contribution in [0.3, 0.4) is 0 Å². The smallest absolute Gasteiger partial charge is 0.0596 e. The van der Waals surface area contributed by atoms with Gasteiger partial charge in [0.15, 0.2) is 0 Å². The van der Waals surface area contributed by atoms with E-state index in [1.54, 1.807) is 0 Å². The van der Waals surface area contributed by atoms with Crippen LogP contribution >= 0.6 is 0 Å². The van der Waals surface area contributed by atoms with Gasteiger partial charge in [-0.15, -0.1) is 0 Å². The summed E-state index contributed by atoms with van der Waals surface area (Å²) in [5.74, 6) is 0.583. The molecule has 2 aliphatic heterocycles. The summed E-state index contributed by atoms with van der Waals surface area (Å²) in [6, 6.07) is 8.76. The Balaban J connectivity index is 2.01. The fourth-order valence-electron chi connectivity index (χ4n) is 3.10. The van der Waals surface area contributed by atoms with Gasteiger partial charge in [0, 0.05) is 24.8 Å². The second-order valence-corrected chi connectivity index (χ2v) is 6.03. The molecule has 2 aliphatic rings. The van der Waals surface area contributed by atoms with Crippen molar-refractivity contribution in [2.45, 2.75) is 38.6 Å². The summed E-state index contributed by atoms with van der Waals surface area (Å²) >= 11 is 0. The third kappa shape index (κ3) is 2.22. The van der Waals surface area contributed by atoms with Gasteiger partial charge in [-0.2, -0.15) is 0 Å². The van der Waals surface area contributed by atoms with Crippen LogP contribution in [0.25, 0.3) is 0 Å². The topological polar surface area (TPSA) is 21.6 Å².